The molecule has 9 heteroatoms. The predicted molar refractivity (Wildman–Crippen MR) is 99.4 cm³/mol. The highest BCUT2D eigenvalue weighted by Gasteiger charge is 2.30. The molecule has 138 valence electrons. The van der Waals surface area contributed by atoms with Crippen molar-refractivity contribution in [3.05, 3.63) is 35.3 Å². The van der Waals surface area contributed by atoms with Gasteiger partial charge in [0.15, 0.2) is 15.9 Å². The topological polar surface area (TPSA) is 102 Å². The van der Waals surface area contributed by atoms with Gasteiger partial charge in [-0.25, -0.2) is 18.2 Å². The van der Waals surface area contributed by atoms with Crippen LogP contribution in [0.3, 0.4) is 0 Å². The lowest BCUT2D eigenvalue weighted by Crippen LogP contribution is -2.42. The Balaban J connectivity index is 1.52. The number of sulfone groups is 1. The number of nitrogens with zero attached hydrogens (tertiary/aromatic N) is 1. The summed E-state index contributed by atoms with van der Waals surface area (Å²) >= 11 is 1.44. The Labute approximate surface area is 155 Å². The second-order valence-corrected chi connectivity index (χ2v) is 9.33. The molecule has 2 heterocycles. The van der Waals surface area contributed by atoms with E-state index in [4.69, 9.17) is 4.74 Å². The number of amides is 1. The van der Waals surface area contributed by atoms with Crippen molar-refractivity contribution in [1.29, 1.82) is 0 Å². The number of thiazole rings is 1. The highest BCUT2D eigenvalue weighted by Crippen LogP contribution is 2.22. The lowest BCUT2D eigenvalue weighted by Gasteiger charge is -2.15. The van der Waals surface area contributed by atoms with E-state index in [9.17, 15) is 18.0 Å². The fourth-order valence-electron chi connectivity index (χ4n) is 2.60. The number of hydrogen-bond acceptors (Lipinski definition) is 7. The van der Waals surface area contributed by atoms with E-state index in [2.05, 4.69) is 10.3 Å². The van der Waals surface area contributed by atoms with E-state index in [0.29, 0.717) is 11.4 Å². The van der Waals surface area contributed by atoms with Gasteiger partial charge in [0.1, 0.15) is 5.01 Å². The lowest BCUT2D eigenvalue weighted by atomic mass is 10.2. The first-order valence-corrected chi connectivity index (χ1v) is 10.7. The van der Waals surface area contributed by atoms with Gasteiger partial charge in [-0.3, -0.25) is 4.79 Å². The van der Waals surface area contributed by atoms with Gasteiger partial charge < -0.3 is 10.1 Å². The molecule has 1 aliphatic heterocycles. The SMILES string of the molecule is C[C@@H](OC(=O)/C=C/c1nc2ccccc2s1)C(=O)N[C@H]1CCS(=O)(=O)C1. The Morgan fingerprint density at radius 3 is 2.85 bits per heavy atom. The zero-order valence-electron chi connectivity index (χ0n) is 14.0. The lowest BCUT2D eigenvalue weighted by molar-refractivity contribution is -0.150. The van der Waals surface area contributed by atoms with Crippen molar-refractivity contribution in [3.8, 4) is 0 Å². The highest BCUT2D eigenvalue weighted by molar-refractivity contribution is 7.91. The Morgan fingerprint density at radius 1 is 1.38 bits per heavy atom. The van der Waals surface area contributed by atoms with Crippen LogP contribution in [0.25, 0.3) is 16.3 Å². The minimum Gasteiger partial charge on any atom is -0.449 e. The van der Waals surface area contributed by atoms with E-state index in [1.165, 1.54) is 24.3 Å². The molecule has 1 aliphatic rings. The molecule has 1 amide bonds. The number of hydrogen-bond donors (Lipinski definition) is 1. The zero-order valence-corrected chi connectivity index (χ0v) is 15.7. The monoisotopic (exact) mass is 394 g/mol. The number of carbonyl (C=O) groups excluding carboxylic acids is 2. The maximum atomic E-state index is 12.0. The van der Waals surface area contributed by atoms with E-state index in [-0.39, 0.29) is 11.5 Å². The molecule has 0 spiro atoms. The highest BCUT2D eigenvalue weighted by atomic mass is 32.2. The number of aromatic nitrogens is 1. The first kappa shape index (κ1) is 18.5. The molecule has 1 fully saturated rings. The van der Waals surface area contributed by atoms with Crippen molar-refractivity contribution in [2.75, 3.05) is 11.5 Å². The molecule has 2 aromatic rings. The van der Waals surface area contributed by atoms with Crippen molar-refractivity contribution in [1.82, 2.24) is 10.3 Å². The smallest absolute Gasteiger partial charge is 0.331 e. The van der Waals surface area contributed by atoms with Gasteiger partial charge in [0, 0.05) is 12.1 Å². The third kappa shape index (κ3) is 4.67. The Hall–Kier alpha value is -2.26. The number of benzene rings is 1. The molecular weight excluding hydrogens is 376 g/mol. The van der Waals surface area contributed by atoms with Crippen LogP contribution in [0, 0.1) is 0 Å². The van der Waals surface area contributed by atoms with Gasteiger partial charge in [-0.2, -0.15) is 0 Å². The van der Waals surface area contributed by atoms with E-state index < -0.39 is 33.9 Å². The maximum absolute atomic E-state index is 12.0. The summed E-state index contributed by atoms with van der Waals surface area (Å²) in [5.74, 6) is -1.17. The van der Waals surface area contributed by atoms with Gasteiger partial charge in [0.25, 0.3) is 5.91 Å². The van der Waals surface area contributed by atoms with Crippen molar-refractivity contribution in [2.24, 2.45) is 0 Å². The van der Waals surface area contributed by atoms with Crippen LogP contribution in [0.2, 0.25) is 0 Å². The molecular formula is C17H18N2O5S2. The molecule has 1 aromatic heterocycles. The summed E-state index contributed by atoms with van der Waals surface area (Å²) in [6.07, 6.45) is 2.14. The van der Waals surface area contributed by atoms with Crippen molar-refractivity contribution in [3.63, 3.8) is 0 Å². The molecule has 0 unspecified atom stereocenters. The fraction of sp³-hybridized carbons (Fsp3) is 0.353. The molecule has 1 aromatic carbocycles. The summed E-state index contributed by atoms with van der Waals surface area (Å²) in [6, 6.07) is 7.21. The van der Waals surface area contributed by atoms with Crippen LogP contribution in [-0.2, 0) is 24.2 Å². The molecule has 0 saturated carbocycles. The van der Waals surface area contributed by atoms with Gasteiger partial charge in [-0.15, -0.1) is 11.3 Å². The van der Waals surface area contributed by atoms with E-state index in [1.54, 1.807) is 6.08 Å². The molecule has 0 aliphatic carbocycles. The number of fused-ring (bicyclic) bond motifs is 1. The summed E-state index contributed by atoms with van der Waals surface area (Å²) in [4.78, 5) is 28.3. The molecule has 2 atom stereocenters. The minimum absolute atomic E-state index is 0.0665. The van der Waals surface area contributed by atoms with Gasteiger partial charge in [0.05, 0.1) is 21.7 Å². The van der Waals surface area contributed by atoms with Gasteiger partial charge >= 0.3 is 5.97 Å². The first-order chi connectivity index (χ1) is 12.3. The molecule has 0 bridgehead atoms. The predicted octanol–water partition coefficient (Wildman–Crippen LogP) is 1.54. The number of para-hydroxylation sites is 1. The third-order valence-corrected chi connectivity index (χ3v) is 6.68. The Morgan fingerprint density at radius 2 is 2.15 bits per heavy atom. The second kappa shape index (κ2) is 7.55. The van der Waals surface area contributed by atoms with E-state index >= 15 is 0 Å². The summed E-state index contributed by atoms with van der Waals surface area (Å²) in [5, 5.41) is 3.26. The average molecular weight is 394 g/mol. The zero-order chi connectivity index (χ0) is 18.7. The second-order valence-electron chi connectivity index (χ2n) is 6.04. The van der Waals surface area contributed by atoms with Crippen LogP contribution in [0.1, 0.15) is 18.4 Å². The molecule has 1 saturated heterocycles. The Bertz CT molecular complexity index is 931. The molecule has 7 nitrogen and oxygen atoms in total. The number of nitrogens with one attached hydrogen (secondary N) is 1. The number of ether oxygens (including phenoxy) is 1. The van der Waals surface area contributed by atoms with Crippen LogP contribution < -0.4 is 5.32 Å². The fourth-order valence-corrected chi connectivity index (χ4v) is 5.14. The first-order valence-electron chi connectivity index (χ1n) is 8.07. The molecule has 1 N–H and O–H groups in total. The normalized spacial score (nSPS) is 20.3. The van der Waals surface area contributed by atoms with Crippen LogP contribution in [0.4, 0.5) is 0 Å². The molecule has 3 rings (SSSR count). The maximum Gasteiger partial charge on any atom is 0.331 e. The number of rotatable bonds is 5. The van der Waals surface area contributed by atoms with E-state index in [1.807, 2.05) is 24.3 Å². The van der Waals surface area contributed by atoms with Crippen LogP contribution in [0.5, 0.6) is 0 Å². The average Bonchev–Trinajstić information content (AvgIpc) is 3.15. The summed E-state index contributed by atoms with van der Waals surface area (Å²) in [6.45, 7) is 1.45. The summed E-state index contributed by atoms with van der Waals surface area (Å²) in [7, 11) is -3.08. The summed E-state index contributed by atoms with van der Waals surface area (Å²) in [5.41, 5.74) is 0.852. The van der Waals surface area contributed by atoms with Crippen molar-refractivity contribution in [2.45, 2.75) is 25.5 Å². The van der Waals surface area contributed by atoms with Crippen molar-refractivity contribution >= 4 is 49.3 Å². The van der Waals surface area contributed by atoms with Gasteiger partial charge in [0.2, 0.25) is 0 Å². The third-order valence-electron chi connectivity index (χ3n) is 3.91. The van der Waals surface area contributed by atoms with Crippen molar-refractivity contribution < 1.29 is 22.7 Å². The van der Waals surface area contributed by atoms with Gasteiger partial charge in [-0.1, -0.05) is 12.1 Å². The number of esters is 1. The van der Waals surface area contributed by atoms with Crippen LogP contribution >= 0.6 is 11.3 Å². The quantitative estimate of drug-likeness (QED) is 0.610. The Kier molecular flexibility index (Phi) is 5.38. The molecule has 26 heavy (non-hydrogen) atoms. The van der Waals surface area contributed by atoms with E-state index in [0.717, 1.165) is 10.2 Å². The largest absolute Gasteiger partial charge is 0.449 e. The minimum atomic E-state index is -3.08. The van der Waals surface area contributed by atoms with Crippen LogP contribution in [-0.4, -0.2) is 48.9 Å². The molecule has 0 radical (unpaired) electrons. The summed E-state index contributed by atoms with van der Waals surface area (Å²) < 4.78 is 28.9. The number of carbonyl (C=O) groups is 2. The standard InChI is InChI=1S/C17H18N2O5S2/c1-11(17(21)18-12-8-9-26(22,23)10-12)24-16(20)7-6-15-19-13-4-2-3-5-14(13)25-15/h2-7,11-12H,8-10H2,1H3,(H,18,21)/b7-6+/t11-,12+/m1/s1. The van der Waals surface area contributed by atoms with Crippen LogP contribution in [0.15, 0.2) is 30.3 Å². The van der Waals surface area contributed by atoms with Gasteiger partial charge in [-0.05, 0) is 31.6 Å².